The molecule has 168 valence electrons. The van der Waals surface area contributed by atoms with Crippen molar-refractivity contribution in [1.82, 2.24) is 20.0 Å². The number of carbonyl (C=O) groups excluding carboxylic acids is 1. The molecule has 4 rings (SSSR count). The number of aryl methyl sites for hydroxylation is 2. The van der Waals surface area contributed by atoms with E-state index in [2.05, 4.69) is 20.6 Å². The van der Waals surface area contributed by atoms with E-state index in [0.29, 0.717) is 17.2 Å². The van der Waals surface area contributed by atoms with Crippen molar-refractivity contribution in [2.45, 2.75) is 58.2 Å². The number of hydrogen-bond acceptors (Lipinski definition) is 6. The Morgan fingerprint density at radius 3 is 2.59 bits per heavy atom. The standard InChI is InChI=1S/C24H29N5O3/c1-16-21(32-19-12-8-5-9-13-19)15-14-20(25-16)22-23(29(3)28-27-22)26-24(30)31-17(2)18-10-6-4-7-11-18/h4,6-7,10-11,14-15,17,19H,5,8-9,12-13H2,1-3H3,(H,26,30)/t17-/m1/s1. The molecule has 1 aromatic carbocycles. The highest BCUT2D eigenvalue weighted by molar-refractivity contribution is 5.88. The van der Waals surface area contributed by atoms with Crippen LogP contribution in [0.4, 0.5) is 10.6 Å². The van der Waals surface area contributed by atoms with E-state index in [1.165, 1.54) is 23.9 Å². The van der Waals surface area contributed by atoms with Gasteiger partial charge in [-0.2, -0.15) is 0 Å². The van der Waals surface area contributed by atoms with Gasteiger partial charge in [0.2, 0.25) is 0 Å². The zero-order chi connectivity index (χ0) is 22.5. The first-order chi connectivity index (χ1) is 15.5. The third-order valence-corrected chi connectivity index (χ3v) is 5.73. The quantitative estimate of drug-likeness (QED) is 0.572. The van der Waals surface area contributed by atoms with Crippen molar-refractivity contribution in [2.75, 3.05) is 5.32 Å². The van der Waals surface area contributed by atoms with Crippen LogP contribution in [-0.4, -0.2) is 32.2 Å². The van der Waals surface area contributed by atoms with Gasteiger partial charge in [0, 0.05) is 7.05 Å². The van der Waals surface area contributed by atoms with Gasteiger partial charge >= 0.3 is 6.09 Å². The van der Waals surface area contributed by atoms with E-state index in [1.807, 2.05) is 56.3 Å². The average Bonchev–Trinajstić information content (AvgIpc) is 3.16. The summed E-state index contributed by atoms with van der Waals surface area (Å²) in [6.45, 7) is 3.74. The summed E-state index contributed by atoms with van der Waals surface area (Å²) < 4.78 is 13.2. The van der Waals surface area contributed by atoms with Crippen molar-refractivity contribution in [2.24, 2.45) is 7.05 Å². The van der Waals surface area contributed by atoms with Crippen LogP contribution in [0.5, 0.6) is 5.75 Å². The number of pyridine rings is 1. The van der Waals surface area contributed by atoms with Gasteiger partial charge in [-0.15, -0.1) is 5.10 Å². The summed E-state index contributed by atoms with van der Waals surface area (Å²) in [4.78, 5) is 17.2. The Hall–Kier alpha value is -3.42. The van der Waals surface area contributed by atoms with Gasteiger partial charge < -0.3 is 9.47 Å². The number of benzene rings is 1. The summed E-state index contributed by atoms with van der Waals surface area (Å²) in [5.41, 5.74) is 2.78. The Balaban J connectivity index is 1.47. The molecule has 1 aliphatic rings. The fourth-order valence-electron chi connectivity index (χ4n) is 3.92. The van der Waals surface area contributed by atoms with Gasteiger partial charge in [0.1, 0.15) is 11.9 Å². The van der Waals surface area contributed by atoms with Crippen LogP contribution < -0.4 is 10.1 Å². The van der Waals surface area contributed by atoms with Gasteiger partial charge in [-0.3, -0.25) is 5.32 Å². The zero-order valence-corrected chi connectivity index (χ0v) is 18.7. The Kier molecular flexibility index (Phi) is 6.68. The lowest BCUT2D eigenvalue weighted by atomic mass is 9.98. The molecule has 3 aromatic rings. The largest absolute Gasteiger partial charge is 0.489 e. The molecule has 1 saturated carbocycles. The van der Waals surface area contributed by atoms with E-state index in [9.17, 15) is 4.79 Å². The number of rotatable bonds is 6. The van der Waals surface area contributed by atoms with Gasteiger partial charge in [-0.1, -0.05) is 42.0 Å². The van der Waals surface area contributed by atoms with Crippen LogP contribution in [-0.2, 0) is 11.8 Å². The van der Waals surface area contributed by atoms with E-state index in [1.54, 1.807) is 7.05 Å². The number of anilines is 1. The van der Waals surface area contributed by atoms with Crippen molar-refractivity contribution in [3.05, 3.63) is 53.7 Å². The van der Waals surface area contributed by atoms with E-state index in [4.69, 9.17) is 9.47 Å². The highest BCUT2D eigenvalue weighted by Crippen LogP contribution is 2.29. The molecule has 0 spiro atoms. The second-order valence-corrected chi connectivity index (χ2v) is 8.15. The first kappa shape index (κ1) is 21.8. The maximum absolute atomic E-state index is 12.5. The highest BCUT2D eigenvalue weighted by Gasteiger charge is 2.21. The number of hydrogen-bond donors (Lipinski definition) is 1. The number of nitrogens with one attached hydrogen (secondary N) is 1. The molecule has 2 heterocycles. The first-order valence-corrected chi connectivity index (χ1v) is 11.1. The monoisotopic (exact) mass is 435 g/mol. The second kappa shape index (κ2) is 9.80. The smallest absolute Gasteiger partial charge is 0.413 e. The fourth-order valence-corrected chi connectivity index (χ4v) is 3.92. The van der Waals surface area contributed by atoms with Crippen LogP contribution in [0.3, 0.4) is 0 Å². The van der Waals surface area contributed by atoms with E-state index in [0.717, 1.165) is 29.8 Å². The number of aromatic nitrogens is 4. The molecule has 2 aromatic heterocycles. The lowest BCUT2D eigenvalue weighted by Crippen LogP contribution is -2.20. The number of nitrogens with zero attached hydrogens (tertiary/aromatic N) is 4. The van der Waals surface area contributed by atoms with E-state index in [-0.39, 0.29) is 6.10 Å². The van der Waals surface area contributed by atoms with Gasteiger partial charge in [0.15, 0.2) is 11.5 Å². The Morgan fingerprint density at radius 2 is 1.88 bits per heavy atom. The highest BCUT2D eigenvalue weighted by atomic mass is 16.6. The summed E-state index contributed by atoms with van der Waals surface area (Å²) in [6.07, 6.45) is 5.16. The molecule has 8 nitrogen and oxygen atoms in total. The summed E-state index contributed by atoms with van der Waals surface area (Å²) >= 11 is 0. The van der Waals surface area contributed by atoms with Crippen molar-refractivity contribution in [3.63, 3.8) is 0 Å². The summed E-state index contributed by atoms with van der Waals surface area (Å²) in [6, 6.07) is 13.3. The maximum atomic E-state index is 12.5. The van der Waals surface area contributed by atoms with Crippen molar-refractivity contribution in [3.8, 4) is 17.1 Å². The van der Waals surface area contributed by atoms with Crippen LogP contribution >= 0.6 is 0 Å². The molecular formula is C24H29N5O3. The number of ether oxygens (including phenoxy) is 2. The van der Waals surface area contributed by atoms with Crippen LogP contribution in [0, 0.1) is 6.92 Å². The van der Waals surface area contributed by atoms with Crippen LogP contribution in [0.25, 0.3) is 11.4 Å². The molecule has 32 heavy (non-hydrogen) atoms. The Morgan fingerprint density at radius 1 is 1.12 bits per heavy atom. The van der Waals surface area contributed by atoms with Gasteiger partial charge in [0.05, 0.1) is 17.5 Å². The minimum atomic E-state index is -0.582. The van der Waals surface area contributed by atoms with Crippen molar-refractivity contribution >= 4 is 11.9 Å². The van der Waals surface area contributed by atoms with Gasteiger partial charge in [-0.05, 0) is 57.2 Å². The second-order valence-electron chi connectivity index (χ2n) is 8.15. The normalized spacial score (nSPS) is 15.2. The average molecular weight is 436 g/mol. The first-order valence-electron chi connectivity index (χ1n) is 11.1. The molecule has 1 fully saturated rings. The Bertz CT molecular complexity index is 1060. The predicted octanol–water partition coefficient (Wildman–Crippen LogP) is 5.21. The lowest BCUT2D eigenvalue weighted by Gasteiger charge is -2.23. The predicted molar refractivity (Wildman–Crippen MR) is 121 cm³/mol. The number of carbonyl (C=O) groups is 1. The lowest BCUT2D eigenvalue weighted by molar-refractivity contribution is 0.121. The summed E-state index contributed by atoms with van der Waals surface area (Å²) in [7, 11) is 1.71. The summed E-state index contributed by atoms with van der Waals surface area (Å²) in [5, 5.41) is 11.0. The molecule has 1 aliphatic carbocycles. The molecule has 1 N–H and O–H groups in total. The minimum Gasteiger partial charge on any atom is -0.489 e. The molecule has 0 aliphatic heterocycles. The van der Waals surface area contributed by atoms with E-state index < -0.39 is 12.2 Å². The molecule has 8 heteroatoms. The van der Waals surface area contributed by atoms with E-state index >= 15 is 0 Å². The van der Waals surface area contributed by atoms with Gasteiger partial charge in [0.25, 0.3) is 0 Å². The number of amides is 1. The van der Waals surface area contributed by atoms with Crippen LogP contribution in [0.1, 0.15) is 56.4 Å². The molecule has 0 radical (unpaired) electrons. The molecule has 1 amide bonds. The minimum absolute atomic E-state index is 0.255. The Labute approximate surface area is 188 Å². The molecule has 0 unspecified atom stereocenters. The van der Waals surface area contributed by atoms with Crippen LogP contribution in [0.2, 0.25) is 0 Å². The SMILES string of the molecule is Cc1nc(-c2nnn(C)c2NC(=O)O[C@H](C)c2ccccc2)ccc1OC1CCCCC1. The molecule has 0 saturated heterocycles. The van der Waals surface area contributed by atoms with Crippen molar-refractivity contribution < 1.29 is 14.3 Å². The summed E-state index contributed by atoms with van der Waals surface area (Å²) in [5.74, 6) is 1.21. The van der Waals surface area contributed by atoms with Crippen molar-refractivity contribution in [1.29, 1.82) is 0 Å². The topological polar surface area (TPSA) is 91.2 Å². The zero-order valence-electron chi connectivity index (χ0n) is 18.7. The van der Waals surface area contributed by atoms with Crippen LogP contribution in [0.15, 0.2) is 42.5 Å². The molecular weight excluding hydrogens is 406 g/mol. The molecule has 0 bridgehead atoms. The third kappa shape index (κ3) is 5.07. The maximum Gasteiger partial charge on any atom is 0.413 e. The molecule has 1 atom stereocenters. The van der Waals surface area contributed by atoms with Gasteiger partial charge in [-0.25, -0.2) is 14.5 Å². The third-order valence-electron chi connectivity index (χ3n) is 5.73. The fraction of sp³-hybridized carbons (Fsp3) is 0.417.